The van der Waals surface area contributed by atoms with Crippen molar-refractivity contribution in [1.29, 1.82) is 0 Å². The van der Waals surface area contributed by atoms with Gasteiger partial charge in [0, 0.05) is 24.7 Å². The molecule has 1 saturated heterocycles. The van der Waals surface area contributed by atoms with Crippen LogP contribution in [0.25, 0.3) is 0 Å². The Bertz CT molecular complexity index is 634. The van der Waals surface area contributed by atoms with Crippen molar-refractivity contribution in [2.75, 3.05) is 19.0 Å². The number of hydrogen-bond donors (Lipinski definition) is 1. The SMILES string of the molecule is COc1cccc(NC(=O)CCN2C(=O)[C@H]3CCCC[C@H]3C2=O)c1. The van der Waals surface area contributed by atoms with Gasteiger partial charge in [0.15, 0.2) is 0 Å². The smallest absolute Gasteiger partial charge is 0.233 e. The quantitative estimate of drug-likeness (QED) is 0.840. The number of ether oxygens (including phenoxy) is 1. The molecule has 1 aliphatic heterocycles. The van der Waals surface area contributed by atoms with E-state index in [1.54, 1.807) is 31.4 Å². The summed E-state index contributed by atoms with van der Waals surface area (Å²) in [4.78, 5) is 38.1. The number of nitrogens with one attached hydrogen (secondary N) is 1. The summed E-state index contributed by atoms with van der Waals surface area (Å²) < 4.78 is 5.11. The number of hydrogen-bond acceptors (Lipinski definition) is 4. The Morgan fingerprint density at radius 1 is 1.21 bits per heavy atom. The minimum Gasteiger partial charge on any atom is -0.497 e. The number of imide groups is 1. The number of nitrogens with zero attached hydrogens (tertiary/aromatic N) is 1. The normalized spacial score (nSPS) is 23.1. The number of amides is 3. The lowest BCUT2D eigenvalue weighted by atomic mass is 9.81. The number of fused-ring (bicyclic) bond motifs is 1. The highest BCUT2D eigenvalue weighted by molar-refractivity contribution is 6.05. The highest BCUT2D eigenvalue weighted by Crippen LogP contribution is 2.37. The van der Waals surface area contributed by atoms with Crippen molar-refractivity contribution < 1.29 is 19.1 Å². The molecule has 0 radical (unpaired) electrons. The number of rotatable bonds is 5. The summed E-state index contributed by atoms with van der Waals surface area (Å²) in [6.45, 7) is 0.153. The van der Waals surface area contributed by atoms with Crippen molar-refractivity contribution in [2.24, 2.45) is 11.8 Å². The fraction of sp³-hybridized carbons (Fsp3) is 0.500. The second-order valence-corrected chi connectivity index (χ2v) is 6.36. The summed E-state index contributed by atoms with van der Waals surface area (Å²) in [6.07, 6.45) is 3.70. The standard InChI is InChI=1S/C18H22N2O4/c1-24-13-6-4-5-12(11-13)19-16(21)9-10-20-17(22)14-7-2-3-8-15(14)18(20)23/h4-6,11,14-15H,2-3,7-10H2,1H3,(H,19,21)/t14-,15+. The van der Waals surface area contributed by atoms with Crippen molar-refractivity contribution in [3.63, 3.8) is 0 Å². The zero-order valence-electron chi connectivity index (χ0n) is 13.8. The van der Waals surface area contributed by atoms with E-state index in [9.17, 15) is 14.4 Å². The van der Waals surface area contributed by atoms with E-state index >= 15 is 0 Å². The largest absolute Gasteiger partial charge is 0.497 e. The van der Waals surface area contributed by atoms with Gasteiger partial charge in [0.25, 0.3) is 0 Å². The van der Waals surface area contributed by atoms with Gasteiger partial charge >= 0.3 is 0 Å². The van der Waals surface area contributed by atoms with Gasteiger partial charge in [-0.15, -0.1) is 0 Å². The molecule has 6 nitrogen and oxygen atoms in total. The number of methoxy groups -OCH3 is 1. The molecule has 6 heteroatoms. The second-order valence-electron chi connectivity index (χ2n) is 6.36. The third-order valence-corrected chi connectivity index (χ3v) is 4.85. The highest BCUT2D eigenvalue weighted by Gasteiger charge is 2.47. The van der Waals surface area contributed by atoms with Crippen molar-refractivity contribution in [3.05, 3.63) is 24.3 Å². The van der Waals surface area contributed by atoms with Crippen LogP contribution in [0.3, 0.4) is 0 Å². The van der Waals surface area contributed by atoms with Crippen molar-refractivity contribution in [2.45, 2.75) is 32.1 Å². The van der Waals surface area contributed by atoms with Crippen LogP contribution < -0.4 is 10.1 Å². The van der Waals surface area contributed by atoms with Gasteiger partial charge in [0.1, 0.15) is 5.75 Å². The third kappa shape index (κ3) is 3.27. The highest BCUT2D eigenvalue weighted by atomic mass is 16.5. The average molecular weight is 330 g/mol. The number of anilines is 1. The van der Waals surface area contributed by atoms with Crippen LogP contribution in [0.1, 0.15) is 32.1 Å². The van der Waals surface area contributed by atoms with E-state index in [1.807, 2.05) is 0 Å². The van der Waals surface area contributed by atoms with Crippen molar-refractivity contribution in [3.8, 4) is 5.75 Å². The average Bonchev–Trinajstić information content (AvgIpc) is 2.84. The Labute approximate surface area is 141 Å². The molecule has 2 fully saturated rings. The first-order chi connectivity index (χ1) is 11.6. The fourth-order valence-electron chi connectivity index (χ4n) is 3.59. The summed E-state index contributed by atoms with van der Waals surface area (Å²) in [5.41, 5.74) is 0.632. The molecule has 0 spiro atoms. The molecule has 3 rings (SSSR count). The first-order valence-corrected chi connectivity index (χ1v) is 8.39. The van der Waals surface area contributed by atoms with Crippen LogP contribution in [0, 0.1) is 11.8 Å². The van der Waals surface area contributed by atoms with E-state index in [4.69, 9.17) is 4.74 Å². The van der Waals surface area contributed by atoms with E-state index in [-0.39, 0.29) is 42.5 Å². The third-order valence-electron chi connectivity index (χ3n) is 4.85. The van der Waals surface area contributed by atoms with Crippen LogP contribution in [-0.4, -0.2) is 36.3 Å². The summed E-state index contributed by atoms with van der Waals surface area (Å²) in [5, 5.41) is 2.76. The lowest BCUT2D eigenvalue weighted by Crippen LogP contribution is -2.34. The molecule has 128 valence electrons. The van der Waals surface area contributed by atoms with Gasteiger partial charge in [0.2, 0.25) is 17.7 Å². The molecule has 0 aromatic heterocycles. The van der Waals surface area contributed by atoms with Crippen LogP contribution >= 0.6 is 0 Å². The van der Waals surface area contributed by atoms with Gasteiger partial charge in [-0.1, -0.05) is 18.9 Å². The topological polar surface area (TPSA) is 75.7 Å². The summed E-state index contributed by atoms with van der Waals surface area (Å²) >= 11 is 0. The number of benzene rings is 1. The van der Waals surface area contributed by atoms with E-state index in [0.717, 1.165) is 25.7 Å². The van der Waals surface area contributed by atoms with Gasteiger partial charge in [-0.25, -0.2) is 0 Å². The second kappa shape index (κ2) is 7.03. The summed E-state index contributed by atoms with van der Waals surface area (Å²) in [5.74, 6) is -0.0846. The lowest BCUT2D eigenvalue weighted by Gasteiger charge is -2.19. The molecular formula is C18H22N2O4. The zero-order chi connectivity index (χ0) is 17.1. The van der Waals surface area contributed by atoms with Crippen LogP contribution in [0.15, 0.2) is 24.3 Å². The molecule has 1 N–H and O–H groups in total. The Balaban J connectivity index is 1.56. The van der Waals surface area contributed by atoms with Crippen LogP contribution in [0.2, 0.25) is 0 Å². The predicted octanol–water partition coefficient (Wildman–Crippen LogP) is 2.20. The molecule has 0 unspecified atom stereocenters. The van der Waals surface area contributed by atoms with E-state index in [1.165, 1.54) is 4.90 Å². The molecule has 0 bridgehead atoms. The Morgan fingerprint density at radius 3 is 2.50 bits per heavy atom. The first-order valence-electron chi connectivity index (χ1n) is 8.39. The minimum absolute atomic E-state index is 0.0983. The molecule has 1 aromatic rings. The summed E-state index contributed by atoms with van der Waals surface area (Å²) in [7, 11) is 1.56. The number of carbonyl (C=O) groups is 3. The van der Waals surface area contributed by atoms with Crippen molar-refractivity contribution in [1.82, 2.24) is 4.90 Å². The van der Waals surface area contributed by atoms with Gasteiger partial charge < -0.3 is 10.1 Å². The van der Waals surface area contributed by atoms with E-state index in [2.05, 4.69) is 5.32 Å². The van der Waals surface area contributed by atoms with Gasteiger partial charge in [0.05, 0.1) is 18.9 Å². The van der Waals surface area contributed by atoms with Crippen LogP contribution in [0.4, 0.5) is 5.69 Å². The van der Waals surface area contributed by atoms with E-state index < -0.39 is 0 Å². The minimum atomic E-state index is -0.223. The Kier molecular flexibility index (Phi) is 4.83. The molecule has 1 saturated carbocycles. The Hall–Kier alpha value is -2.37. The maximum Gasteiger partial charge on any atom is 0.233 e. The van der Waals surface area contributed by atoms with Gasteiger partial charge in [-0.3, -0.25) is 19.3 Å². The molecule has 3 amide bonds. The maximum absolute atomic E-state index is 12.4. The molecule has 2 aliphatic rings. The van der Waals surface area contributed by atoms with Gasteiger partial charge in [-0.2, -0.15) is 0 Å². The summed E-state index contributed by atoms with van der Waals surface area (Å²) in [6, 6.07) is 7.06. The molecule has 2 atom stereocenters. The number of likely N-dealkylation sites (tertiary alicyclic amines) is 1. The maximum atomic E-state index is 12.4. The molecule has 1 aromatic carbocycles. The fourth-order valence-corrected chi connectivity index (χ4v) is 3.59. The van der Waals surface area contributed by atoms with Crippen molar-refractivity contribution >= 4 is 23.4 Å². The first kappa shape index (κ1) is 16.5. The number of carbonyl (C=O) groups excluding carboxylic acids is 3. The zero-order valence-corrected chi connectivity index (χ0v) is 13.8. The predicted molar refractivity (Wildman–Crippen MR) is 88.4 cm³/mol. The molecule has 24 heavy (non-hydrogen) atoms. The molecular weight excluding hydrogens is 308 g/mol. The van der Waals surface area contributed by atoms with Crippen LogP contribution in [0.5, 0.6) is 5.75 Å². The lowest BCUT2D eigenvalue weighted by molar-refractivity contribution is -0.140. The molecule has 1 heterocycles. The monoisotopic (exact) mass is 330 g/mol. The van der Waals surface area contributed by atoms with E-state index in [0.29, 0.717) is 11.4 Å². The Morgan fingerprint density at radius 2 is 1.88 bits per heavy atom. The van der Waals surface area contributed by atoms with Gasteiger partial charge in [-0.05, 0) is 25.0 Å². The molecule has 1 aliphatic carbocycles. The van der Waals surface area contributed by atoms with Crippen LogP contribution in [-0.2, 0) is 14.4 Å².